The first-order valence-corrected chi connectivity index (χ1v) is 9.40. The molecule has 0 spiro atoms. The largest absolute Gasteiger partial charge is 0.497 e. The van der Waals surface area contributed by atoms with Crippen molar-refractivity contribution in [3.63, 3.8) is 0 Å². The number of carboxylic acid groups (broad SMARTS) is 1. The third-order valence-corrected chi connectivity index (χ3v) is 5.41. The Kier molecular flexibility index (Phi) is 5.93. The molecule has 0 bridgehead atoms. The van der Waals surface area contributed by atoms with E-state index in [4.69, 9.17) is 17.0 Å². The highest BCUT2D eigenvalue weighted by atomic mass is 32.2. The van der Waals surface area contributed by atoms with E-state index in [1.165, 1.54) is 4.90 Å². The van der Waals surface area contributed by atoms with Gasteiger partial charge in [-0.15, -0.1) is 0 Å². The number of ether oxygens (including phenoxy) is 1. The second kappa shape index (κ2) is 8.37. The summed E-state index contributed by atoms with van der Waals surface area (Å²) < 4.78 is 5.44. The minimum atomic E-state index is -1.09. The molecule has 2 aromatic carbocycles. The van der Waals surface area contributed by atoms with Crippen LogP contribution < -0.4 is 4.74 Å². The molecular formula is C20H17NO4S2. The molecule has 1 heterocycles. The van der Waals surface area contributed by atoms with E-state index in [0.29, 0.717) is 10.7 Å². The zero-order valence-corrected chi connectivity index (χ0v) is 16.1. The van der Waals surface area contributed by atoms with Crippen LogP contribution in [0.4, 0.5) is 0 Å². The Balaban J connectivity index is 1.87. The molecule has 2 aromatic rings. The average molecular weight is 399 g/mol. The molecule has 1 N–H and O–H groups in total. The molecule has 0 radical (unpaired) electrons. The lowest BCUT2D eigenvalue weighted by molar-refractivity contribution is -0.145. The number of carbonyl (C=O) groups is 2. The third-order valence-electron chi connectivity index (χ3n) is 4.08. The summed E-state index contributed by atoms with van der Waals surface area (Å²) in [7, 11) is 1.57. The number of thiocarbonyl (C=S) groups is 1. The zero-order chi connectivity index (χ0) is 19.4. The molecule has 1 aliphatic heterocycles. The summed E-state index contributed by atoms with van der Waals surface area (Å²) in [5.74, 6) is -0.805. The van der Waals surface area contributed by atoms with Crippen LogP contribution in [0.5, 0.6) is 5.75 Å². The summed E-state index contributed by atoms with van der Waals surface area (Å²) in [4.78, 5) is 26.3. The number of hydrogen-bond donors (Lipinski definition) is 1. The number of nitrogens with zero attached hydrogens (tertiary/aromatic N) is 1. The smallest absolute Gasteiger partial charge is 0.327 e. The van der Waals surface area contributed by atoms with Crippen LogP contribution in [-0.2, 0) is 16.0 Å². The Morgan fingerprint density at radius 1 is 1.26 bits per heavy atom. The van der Waals surface area contributed by atoms with E-state index in [1.54, 1.807) is 19.3 Å². The van der Waals surface area contributed by atoms with Gasteiger partial charge in [0.25, 0.3) is 5.91 Å². The summed E-state index contributed by atoms with van der Waals surface area (Å²) in [6.45, 7) is 0. The topological polar surface area (TPSA) is 66.8 Å². The molecule has 0 saturated carbocycles. The summed E-state index contributed by atoms with van der Waals surface area (Å²) in [6.07, 6.45) is 1.89. The highest BCUT2D eigenvalue weighted by Crippen LogP contribution is 2.35. The van der Waals surface area contributed by atoms with Crippen molar-refractivity contribution in [3.05, 3.63) is 70.6 Å². The van der Waals surface area contributed by atoms with Crippen molar-refractivity contribution < 1.29 is 19.4 Å². The quantitative estimate of drug-likeness (QED) is 0.591. The van der Waals surface area contributed by atoms with Gasteiger partial charge in [0.2, 0.25) is 0 Å². The van der Waals surface area contributed by atoms with Crippen LogP contribution in [-0.4, -0.2) is 39.4 Å². The molecule has 1 fully saturated rings. The first-order valence-electron chi connectivity index (χ1n) is 8.17. The van der Waals surface area contributed by atoms with E-state index in [2.05, 4.69) is 0 Å². The summed E-state index contributed by atoms with van der Waals surface area (Å²) >= 11 is 6.42. The number of aliphatic carboxylic acids is 1. The van der Waals surface area contributed by atoms with E-state index in [1.807, 2.05) is 48.5 Å². The molecule has 3 rings (SSSR count). The SMILES string of the molecule is COc1cccc(/C=C2\SC(=S)N([C@@H](Cc3ccccc3)C(=O)O)C2=O)c1. The van der Waals surface area contributed by atoms with Crippen molar-refractivity contribution in [2.45, 2.75) is 12.5 Å². The van der Waals surface area contributed by atoms with Crippen LogP contribution in [0.15, 0.2) is 59.5 Å². The number of thioether (sulfide) groups is 1. The number of benzene rings is 2. The van der Waals surface area contributed by atoms with Crippen LogP contribution in [0.3, 0.4) is 0 Å². The van der Waals surface area contributed by atoms with Gasteiger partial charge in [-0.3, -0.25) is 9.69 Å². The standard InChI is InChI=1S/C20H17NO4S2/c1-25-15-9-5-8-14(10-15)12-17-18(22)21(20(26)27-17)16(19(23)24)11-13-6-3-2-4-7-13/h2-10,12,16H,11H2,1H3,(H,23,24)/b17-12-/t16-/m0/s1. The van der Waals surface area contributed by atoms with Crippen molar-refractivity contribution in [2.24, 2.45) is 0 Å². The summed E-state index contributed by atoms with van der Waals surface area (Å²) in [5.41, 5.74) is 1.61. The number of amides is 1. The molecule has 5 nitrogen and oxygen atoms in total. The molecule has 7 heteroatoms. The first kappa shape index (κ1) is 19.1. The van der Waals surface area contributed by atoms with Crippen LogP contribution >= 0.6 is 24.0 Å². The normalized spacial score (nSPS) is 16.6. The van der Waals surface area contributed by atoms with Gasteiger partial charge in [0, 0.05) is 6.42 Å². The van der Waals surface area contributed by atoms with Gasteiger partial charge < -0.3 is 9.84 Å². The molecule has 0 aliphatic carbocycles. The predicted octanol–water partition coefficient (Wildman–Crippen LogP) is 3.59. The van der Waals surface area contributed by atoms with Gasteiger partial charge >= 0.3 is 5.97 Å². The second-order valence-electron chi connectivity index (χ2n) is 5.87. The molecular weight excluding hydrogens is 382 g/mol. The third kappa shape index (κ3) is 4.37. The Labute approximate surface area is 166 Å². The van der Waals surface area contributed by atoms with Gasteiger partial charge in [-0.1, -0.05) is 66.4 Å². The van der Waals surface area contributed by atoms with Crippen molar-refractivity contribution in [2.75, 3.05) is 7.11 Å². The molecule has 138 valence electrons. The monoisotopic (exact) mass is 399 g/mol. The fourth-order valence-electron chi connectivity index (χ4n) is 2.76. The Hall–Kier alpha value is -2.64. The van der Waals surface area contributed by atoms with Crippen molar-refractivity contribution in [1.29, 1.82) is 0 Å². The first-order chi connectivity index (χ1) is 13.0. The number of rotatable bonds is 6. The van der Waals surface area contributed by atoms with Gasteiger partial charge in [0.15, 0.2) is 0 Å². The highest BCUT2D eigenvalue weighted by molar-refractivity contribution is 8.26. The summed E-state index contributed by atoms with van der Waals surface area (Å²) in [5, 5.41) is 9.68. The molecule has 0 unspecified atom stereocenters. The molecule has 27 heavy (non-hydrogen) atoms. The van der Waals surface area contributed by atoms with Crippen molar-refractivity contribution in [1.82, 2.24) is 4.90 Å². The fourth-order valence-corrected chi connectivity index (χ4v) is 4.11. The lowest BCUT2D eigenvalue weighted by Gasteiger charge is -2.23. The molecule has 1 saturated heterocycles. The minimum Gasteiger partial charge on any atom is -0.497 e. The molecule has 1 aliphatic rings. The highest BCUT2D eigenvalue weighted by Gasteiger charge is 2.40. The van der Waals surface area contributed by atoms with E-state index in [-0.39, 0.29) is 10.7 Å². The van der Waals surface area contributed by atoms with Crippen LogP contribution in [0, 0.1) is 0 Å². The van der Waals surface area contributed by atoms with Crippen LogP contribution in [0.25, 0.3) is 6.08 Å². The van der Waals surface area contributed by atoms with Gasteiger partial charge in [-0.05, 0) is 29.3 Å². The maximum absolute atomic E-state index is 12.9. The predicted molar refractivity (Wildman–Crippen MR) is 110 cm³/mol. The molecule has 1 amide bonds. The van der Waals surface area contributed by atoms with E-state index >= 15 is 0 Å². The van der Waals surface area contributed by atoms with E-state index in [0.717, 1.165) is 22.9 Å². The van der Waals surface area contributed by atoms with Crippen LogP contribution in [0.1, 0.15) is 11.1 Å². The van der Waals surface area contributed by atoms with E-state index < -0.39 is 17.9 Å². The van der Waals surface area contributed by atoms with Gasteiger partial charge in [-0.25, -0.2) is 4.79 Å². The van der Waals surface area contributed by atoms with Crippen molar-refractivity contribution in [3.8, 4) is 5.75 Å². The molecule has 0 aromatic heterocycles. The Morgan fingerprint density at radius 2 is 2.00 bits per heavy atom. The van der Waals surface area contributed by atoms with Crippen LogP contribution in [0.2, 0.25) is 0 Å². The number of hydrogen-bond acceptors (Lipinski definition) is 5. The van der Waals surface area contributed by atoms with Gasteiger partial charge in [0.05, 0.1) is 12.0 Å². The number of methoxy groups -OCH3 is 1. The average Bonchev–Trinajstić information content (AvgIpc) is 2.94. The number of carboxylic acids is 1. The lowest BCUT2D eigenvalue weighted by atomic mass is 10.0. The Bertz CT molecular complexity index is 911. The maximum Gasteiger partial charge on any atom is 0.327 e. The minimum absolute atomic E-state index is 0.190. The summed E-state index contributed by atoms with van der Waals surface area (Å²) in [6, 6.07) is 15.4. The maximum atomic E-state index is 12.9. The number of carbonyl (C=O) groups excluding carboxylic acids is 1. The molecule has 1 atom stereocenters. The lowest BCUT2D eigenvalue weighted by Crippen LogP contribution is -2.45. The van der Waals surface area contributed by atoms with Gasteiger partial charge in [-0.2, -0.15) is 0 Å². The van der Waals surface area contributed by atoms with Crippen molar-refractivity contribution >= 4 is 46.3 Å². The van der Waals surface area contributed by atoms with E-state index in [9.17, 15) is 14.7 Å². The fraction of sp³-hybridized carbons (Fsp3) is 0.150. The Morgan fingerprint density at radius 3 is 2.67 bits per heavy atom. The van der Waals surface area contributed by atoms with Gasteiger partial charge in [0.1, 0.15) is 16.1 Å². The zero-order valence-electron chi connectivity index (χ0n) is 14.5. The second-order valence-corrected chi connectivity index (χ2v) is 7.55.